The Morgan fingerprint density at radius 1 is 1.82 bits per heavy atom. The number of hydrogen-bond acceptors (Lipinski definition) is 1. The van der Waals surface area contributed by atoms with E-state index in [-0.39, 0.29) is 5.57 Å². The van der Waals surface area contributed by atoms with Crippen LogP contribution in [-0.2, 0) is 4.79 Å². The summed E-state index contributed by atoms with van der Waals surface area (Å²) in [6.07, 6.45) is 1.82. The highest BCUT2D eigenvalue weighted by Gasteiger charge is 2.15. The number of hydrogen-bond donors (Lipinski definition) is 1. The van der Waals surface area contributed by atoms with Crippen LogP contribution in [0.15, 0.2) is 23.3 Å². The summed E-state index contributed by atoms with van der Waals surface area (Å²) in [4.78, 5) is 10.4. The van der Waals surface area contributed by atoms with Crippen molar-refractivity contribution in [3.63, 3.8) is 0 Å². The number of carbonyl (C=O) groups is 1. The number of rotatable bonds is 1. The molecule has 0 amide bonds. The molecule has 0 fully saturated rings. The fourth-order valence-electron chi connectivity index (χ4n) is 1.07. The van der Waals surface area contributed by atoms with Gasteiger partial charge in [0.2, 0.25) is 0 Å². The topological polar surface area (TPSA) is 37.3 Å². The molecule has 0 radical (unpaired) electrons. The van der Waals surface area contributed by atoms with E-state index < -0.39 is 12.1 Å². The Balaban J connectivity index is 2.87. The molecule has 0 aliphatic heterocycles. The molecule has 0 heterocycles. The van der Waals surface area contributed by atoms with Gasteiger partial charge in [0.1, 0.15) is 6.17 Å². The molecule has 1 aliphatic rings. The van der Waals surface area contributed by atoms with E-state index in [1.54, 1.807) is 6.92 Å². The van der Waals surface area contributed by atoms with E-state index >= 15 is 0 Å². The molecule has 1 N–H and O–H groups in total. The van der Waals surface area contributed by atoms with Crippen LogP contribution in [0.1, 0.15) is 13.3 Å². The fourth-order valence-corrected chi connectivity index (χ4v) is 1.07. The summed E-state index contributed by atoms with van der Waals surface area (Å²) in [5.74, 6) is -1.06. The van der Waals surface area contributed by atoms with Gasteiger partial charge in [-0.2, -0.15) is 0 Å². The van der Waals surface area contributed by atoms with Gasteiger partial charge in [0.25, 0.3) is 0 Å². The Bertz CT molecular complexity index is 240. The first-order valence-corrected chi connectivity index (χ1v) is 3.36. The van der Waals surface area contributed by atoms with E-state index in [9.17, 15) is 9.18 Å². The zero-order chi connectivity index (χ0) is 8.43. The quantitative estimate of drug-likeness (QED) is 0.627. The molecule has 11 heavy (non-hydrogen) atoms. The molecule has 0 saturated heterocycles. The molecule has 1 aliphatic carbocycles. The van der Waals surface area contributed by atoms with Crippen molar-refractivity contribution in [2.45, 2.75) is 19.5 Å². The van der Waals surface area contributed by atoms with Gasteiger partial charge in [-0.25, -0.2) is 9.18 Å². The van der Waals surface area contributed by atoms with Crippen LogP contribution >= 0.6 is 0 Å². The van der Waals surface area contributed by atoms with Crippen molar-refractivity contribution in [1.82, 2.24) is 0 Å². The Morgan fingerprint density at radius 2 is 2.45 bits per heavy atom. The zero-order valence-electron chi connectivity index (χ0n) is 6.17. The lowest BCUT2D eigenvalue weighted by Gasteiger charge is -2.10. The molecule has 0 bridgehead atoms. The van der Waals surface area contributed by atoms with Crippen LogP contribution in [0.2, 0.25) is 0 Å². The van der Waals surface area contributed by atoms with Crippen LogP contribution < -0.4 is 0 Å². The van der Waals surface area contributed by atoms with Gasteiger partial charge in [0.15, 0.2) is 0 Å². The lowest BCUT2D eigenvalue weighted by Crippen LogP contribution is -2.09. The molecule has 0 aromatic heterocycles. The Kier molecular flexibility index (Phi) is 2.08. The van der Waals surface area contributed by atoms with Crippen molar-refractivity contribution in [2.24, 2.45) is 0 Å². The molecule has 0 saturated carbocycles. The molecule has 0 spiro atoms. The standard InChI is InChI=1S/C8H9FO2/c1-5-2-6(8(10)11)4-7(9)3-5/h2,4,7H,3H2,1H3,(H,10,11). The molecule has 2 nitrogen and oxygen atoms in total. The molecular formula is C8H9FO2. The van der Waals surface area contributed by atoms with Crippen LogP contribution in [0.5, 0.6) is 0 Å². The molecule has 1 atom stereocenters. The van der Waals surface area contributed by atoms with Crippen LogP contribution in [0.3, 0.4) is 0 Å². The first-order chi connectivity index (χ1) is 5.09. The Labute approximate surface area is 64.0 Å². The summed E-state index contributed by atoms with van der Waals surface area (Å²) in [6.45, 7) is 1.72. The molecule has 3 heteroatoms. The van der Waals surface area contributed by atoms with Crippen molar-refractivity contribution < 1.29 is 14.3 Å². The van der Waals surface area contributed by atoms with E-state index in [1.807, 2.05) is 0 Å². The monoisotopic (exact) mass is 156 g/mol. The maximum atomic E-state index is 12.7. The lowest BCUT2D eigenvalue weighted by molar-refractivity contribution is -0.132. The molecule has 0 aromatic rings. The van der Waals surface area contributed by atoms with E-state index in [0.717, 1.165) is 11.6 Å². The third-order valence-corrected chi connectivity index (χ3v) is 1.53. The van der Waals surface area contributed by atoms with Crippen molar-refractivity contribution in [3.8, 4) is 0 Å². The molecule has 0 aromatic carbocycles. The average molecular weight is 156 g/mol. The van der Waals surface area contributed by atoms with E-state index in [0.29, 0.717) is 6.42 Å². The minimum atomic E-state index is -1.13. The van der Waals surface area contributed by atoms with Gasteiger partial charge in [-0.15, -0.1) is 0 Å². The number of carboxylic acid groups (broad SMARTS) is 1. The number of alkyl halides is 1. The smallest absolute Gasteiger partial charge is 0.335 e. The molecular weight excluding hydrogens is 147 g/mol. The summed E-state index contributed by atoms with van der Waals surface area (Å²) < 4.78 is 12.7. The SMILES string of the molecule is CC1=CC(C(=O)O)=CC(F)C1. The summed E-state index contributed by atoms with van der Waals surface area (Å²) in [6, 6.07) is 0. The normalized spacial score (nSPS) is 24.0. The summed E-state index contributed by atoms with van der Waals surface area (Å²) in [7, 11) is 0. The minimum Gasteiger partial charge on any atom is -0.478 e. The summed E-state index contributed by atoms with van der Waals surface area (Å²) in [5, 5.41) is 8.49. The summed E-state index contributed by atoms with van der Waals surface area (Å²) >= 11 is 0. The second-order valence-electron chi connectivity index (χ2n) is 2.64. The largest absolute Gasteiger partial charge is 0.478 e. The number of carboxylic acids is 1. The van der Waals surface area contributed by atoms with Gasteiger partial charge >= 0.3 is 5.97 Å². The highest BCUT2D eigenvalue weighted by Crippen LogP contribution is 2.19. The predicted molar refractivity (Wildman–Crippen MR) is 39.0 cm³/mol. The van der Waals surface area contributed by atoms with Crippen LogP contribution in [0, 0.1) is 0 Å². The van der Waals surface area contributed by atoms with Crippen molar-refractivity contribution in [1.29, 1.82) is 0 Å². The second-order valence-corrected chi connectivity index (χ2v) is 2.64. The maximum Gasteiger partial charge on any atom is 0.335 e. The van der Waals surface area contributed by atoms with E-state index in [4.69, 9.17) is 5.11 Å². The van der Waals surface area contributed by atoms with E-state index in [2.05, 4.69) is 0 Å². The maximum absolute atomic E-state index is 12.7. The third kappa shape index (κ3) is 1.90. The highest BCUT2D eigenvalue weighted by molar-refractivity contribution is 5.90. The molecule has 60 valence electrons. The van der Waals surface area contributed by atoms with Gasteiger partial charge < -0.3 is 5.11 Å². The second kappa shape index (κ2) is 2.86. The minimum absolute atomic E-state index is 0.0567. The highest BCUT2D eigenvalue weighted by atomic mass is 19.1. The van der Waals surface area contributed by atoms with Gasteiger partial charge in [0, 0.05) is 6.42 Å². The number of allylic oxidation sites excluding steroid dienone is 2. The van der Waals surface area contributed by atoms with Gasteiger partial charge in [-0.3, -0.25) is 0 Å². The van der Waals surface area contributed by atoms with Crippen LogP contribution in [-0.4, -0.2) is 17.2 Å². The Hall–Kier alpha value is -1.12. The fraction of sp³-hybridized carbons (Fsp3) is 0.375. The van der Waals surface area contributed by atoms with Crippen molar-refractivity contribution in [3.05, 3.63) is 23.3 Å². The van der Waals surface area contributed by atoms with Crippen molar-refractivity contribution >= 4 is 5.97 Å². The first kappa shape index (κ1) is 7.98. The first-order valence-electron chi connectivity index (χ1n) is 3.36. The number of aliphatic carboxylic acids is 1. The van der Waals surface area contributed by atoms with Crippen LogP contribution in [0.25, 0.3) is 0 Å². The molecule has 1 unspecified atom stereocenters. The van der Waals surface area contributed by atoms with Crippen molar-refractivity contribution in [2.75, 3.05) is 0 Å². The predicted octanol–water partition coefficient (Wildman–Crippen LogP) is 1.69. The number of halogens is 1. The lowest BCUT2D eigenvalue weighted by atomic mass is 10.00. The van der Waals surface area contributed by atoms with Gasteiger partial charge in [0.05, 0.1) is 5.57 Å². The summed E-state index contributed by atoms with van der Waals surface area (Å²) in [5.41, 5.74) is 0.832. The third-order valence-electron chi connectivity index (χ3n) is 1.53. The average Bonchev–Trinajstić information content (AvgIpc) is 1.85. The Morgan fingerprint density at radius 3 is 2.91 bits per heavy atom. The van der Waals surface area contributed by atoms with E-state index in [1.165, 1.54) is 6.08 Å². The van der Waals surface area contributed by atoms with Gasteiger partial charge in [-0.1, -0.05) is 5.57 Å². The van der Waals surface area contributed by atoms with Crippen LogP contribution in [0.4, 0.5) is 4.39 Å². The molecule has 1 rings (SSSR count). The van der Waals surface area contributed by atoms with Gasteiger partial charge in [-0.05, 0) is 19.1 Å². The zero-order valence-corrected chi connectivity index (χ0v) is 6.17.